The van der Waals surface area contributed by atoms with Crippen LogP contribution in [0.5, 0.6) is 0 Å². The van der Waals surface area contributed by atoms with Crippen molar-refractivity contribution in [3.8, 4) is 0 Å². The van der Waals surface area contributed by atoms with E-state index in [1.165, 1.54) is 19.4 Å². The van der Waals surface area contributed by atoms with E-state index in [9.17, 15) is 5.11 Å². The molecule has 1 heterocycles. The number of nitrogens with one attached hydrogen (secondary N) is 1. The van der Waals surface area contributed by atoms with Gasteiger partial charge in [0.1, 0.15) is 0 Å². The Morgan fingerprint density at radius 2 is 1.94 bits per heavy atom. The van der Waals surface area contributed by atoms with Crippen molar-refractivity contribution in [2.75, 3.05) is 26.2 Å². The SMILES string of the molecule is CC(C)N(CC1CC1)CC1(O)CCNCC1. The van der Waals surface area contributed by atoms with Crippen molar-refractivity contribution in [3.63, 3.8) is 0 Å². The molecule has 0 aromatic rings. The van der Waals surface area contributed by atoms with Crippen LogP contribution in [0, 0.1) is 5.92 Å². The molecule has 0 amide bonds. The Balaban J connectivity index is 1.87. The summed E-state index contributed by atoms with van der Waals surface area (Å²) in [6, 6.07) is 0.555. The second kappa shape index (κ2) is 5.03. The quantitative estimate of drug-likeness (QED) is 0.740. The van der Waals surface area contributed by atoms with Crippen molar-refractivity contribution >= 4 is 0 Å². The summed E-state index contributed by atoms with van der Waals surface area (Å²) >= 11 is 0. The average Bonchev–Trinajstić information content (AvgIpc) is 3.01. The molecule has 1 saturated carbocycles. The summed E-state index contributed by atoms with van der Waals surface area (Å²) in [6.45, 7) is 8.47. The predicted molar refractivity (Wildman–Crippen MR) is 66.5 cm³/mol. The molecule has 1 saturated heterocycles. The monoisotopic (exact) mass is 226 g/mol. The average molecular weight is 226 g/mol. The van der Waals surface area contributed by atoms with Crippen LogP contribution >= 0.6 is 0 Å². The normalized spacial score (nSPS) is 25.3. The molecule has 2 rings (SSSR count). The lowest BCUT2D eigenvalue weighted by Crippen LogP contribution is -2.51. The fourth-order valence-electron chi connectivity index (χ4n) is 2.52. The van der Waals surface area contributed by atoms with E-state index in [0.717, 1.165) is 38.4 Å². The number of piperidine rings is 1. The van der Waals surface area contributed by atoms with Gasteiger partial charge in [-0.05, 0) is 58.5 Å². The molecule has 3 heteroatoms. The number of hydrogen-bond donors (Lipinski definition) is 2. The van der Waals surface area contributed by atoms with Gasteiger partial charge in [-0.25, -0.2) is 0 Å². The lowest BCUT2D eigenvalue weighted by atomic mass is 9.91. The van der Waals surface area contributed by atoms with Crippen molar-refractivity contribution in [2.24, 2.45) is 5.92 Å². The minimum atomic E-state index is -0.440. The maximum Gasteiger partial charge on any atom is 0.0798 e. The molecule has 16 heavy (non-hydrogen) atoms. The maximum absolute atomic E-state index is 10.5. The zero-order chi connectivity index (χ0) is 11.6. The highest BCUT2D eigenvalue weighted by molar-refractivity contribution is 4.89. The summed E-state index contributed by atoms with van der Waals surface area (Å²) in [5.74, 6) is 0.910. The highest BCUT2D eigenvalue weighted by Crippen LogP contribution is 2.31. The van der Waals surface area contributed by atoms with E-state index in [2.05, 4.69) is 24.1 Å². The molecule has 2 aliphatic rings. The van der Waals surface area contributed by atoms with Crippen LogP contribution in [0.3, 0.4) is 0 Å². The first-order chi connectivity index (χ1) is 7.59. The highest BCUT2D eigenvalue weighted by atomic mass is 16.3. The Kier molecular flexibility index (Phi) is 3.88. The second-order valence-corrected chi connectivity index (χ2v) is 5.94. The van der Waals surface area contributed by atoms with E-state index in [4.69, 9.17) is 0 Å². The minimum Gasteiger partial charge on any atom is -0.388 e. The molecular formula is C13H26N2O. The van der Waals surface area contributed by atoms with E-state index < -0.39 is 5.60 Å². The van der Waals surface area contributed by atoms with Crippen LogP contribution in [0.4, 0.5) is 0 Å². The van der Waals surface area contributed by atoms with E-state index >= 15 is 0 Å². The third-order valence-electron chi connectivity index (χ3n) is 3.95. The van der Waals surface area contributed by atoms with Gasteiger partial charge in [0.2, 0.25) is 0 Å². The summed E-state index contributed by atoms with van der Waals surface area (Å²) in [5.41, 5.74) is -0.440. The van der Waals surface area contributed by atoms with Crippen molar-refractivity contribution in [1.82, 2.24) is 10.2 Å². The molecular weight excluding hydrogens is 200 g/mol. The van der Waals surface area contributed by atoms with Crippen LogP contribution < -0.4 is 5.32 Å². The Hall–Kier alpha value is -0.120. The highest BCUT2D eigenvalue weighted by Gasteiger charge is 2.34. The summed E-state index contributed by atoms with van der Waals surface area (Å²) in [5, 5.41) is 13.9. The van der Waals surface area contributed by atoms with Gasteiger partial charge in [0.05, 0.1) is 5.60 Å². The maximum atomic E-state index is 10.5. The summed E-state index contributed by atoms with van der Waals surface area (Å²) in [7, 11) is 0. The lowest BCUT2D eigenvalue weighted by molar-refractivity contribution is -0.0289. The smallest absolute Gasteiger partial charge is 0.0798 e. The Bertz CT molecular complexity index is 220. The van der Waals surface area contributed by atoms with E-state index in [-0.39, 0.29) is 0 Å². The second-order valence-electron chi connectivity index (χ2n) is 5.94. The molecule has 0 unspecified atom stereocenters. The fourth-order valence-corrected chi connectivity index (χ4v) is 2.52. The van der Waals surface area contributed by atoms with Crippen molar-refractivity contribution in [2.45, 2.75) is 51.2 Å². The molecule has 2 N–H and O–H groups in total. The van der Waals surface area contributed by atoms with E-state index in [0.29, 0.717) is 6.04 Å². The number of hydrogen-bond acceptors (Lipinski definition) is 3. The Morgan fingerprint density at radius 3 is 2.44 bits per heavy atom. The molecule has 0 atom stereocenters. The topological polar surface area (TPSA) is 35.5 Å². The largest absolute Gasteiger partial charge is 0.388 e. The predicted octanol–water partition coefficient (Wildman–Crippen LogP) is 1.22. The van der Waals surface area contributed by atoms with Crippen LogP contribution in [0.15, 0.2) is 0 Å². The molecule has 0 aromatic heterocycles. The standard InChI is InChI=1S/C13H26N2O/c1-11(2)15(9-12-3-4-12)10-13(16)5-7-14-8-6-13/h11-12,14,16H,3-10H2,1-2H3. The zero-order valence-electron chi connectivity index (χ0n) is 10.7. The third-order valence-corrected chi connectivity index (χ3v) is 3.95. The first kappa shape index (κ1) is 12.3. The molecule has 94 valence electrons. The summed E-state index contributed by atoms with van der Waals surface area (Å²) in [4.78, 5) is 2.48. The van der Waals surface area contributed by atoms with Gasteiger partial charge in [0, 0.05) is 19.1 Å². The number of nitrogens with zero attached hydrogens (tertiary/aromatic N) is 1. The minimum absolute atomic E-state index is 0.440. The molecule has 1 aliphatic heterocycles. The Labute approximate surface area is 99.2 Å². The van der Waals surface area contributed by atoms with E-state index in [1.807, 2.05) is 0 Å². The molecule has 0 spiro atoms. The molecule has 3 nitrogen and oxygen atoms in total. The van der Waals surface area contributed by atoms with Gasteiger partial charge < -0.3 is 10.4 Å². The first-order valence-electron chi connectivity index (χ1n) is 6.76. The molecule has 0 radical (unpaired) electrons. The number of rotatable bonds is 5. The van der Waals surface area contributed by atoms with Gasteiger partial charge in [-0.15, -0.1) is 0 Å². The van der Waals surface area contributed by atoms with Crippen LogP contribution in [0.1, 0.15) is 39.5 Å². The molecule has 1 aliphatic carbocycles. The van der Waals surface area contributed by atoms with Gasteiger partial charge in [-0.3, -0.25) is 4.90 Å². The van der Waals surface area contributed by atoms with Gasteiger partial charge in [-0.1, -0.05) is 0 Å². The number of aliphatic hydroxyl groups is 1. The van der Waals surface area contributed by atoms with Gasteiger partial charge >= 0.3 is 0 Å². The van der Waals surface area contributed by atoms with Gasteiger partial charge in [0.15, 0.2) is 0 Å². The van der Waals surface area contributed by atoms with Crippen molar-refractivity contribution in [1.29, 1.82) is 0 Å². The Morgan fingerprint density at radius 1 is 1.31 bits per heavy atom. The molecule has 0 aromatic carbocycles. The van der Waals surface area contributed by atoms with Crippen molar-refractivity contribution in [3.05, 3.63) is 0 Å². The van der Waals surface area contributed by atoms with E-state index in [1.54, 1.807) is 0 Å². The van der Waals surface area contributed by atoms with Crippen LogP contribution in [0.25, 0.3) is 0 Å². The van der Waals surface area contributed by atoms with Gasteiger partial charge in [-0.2, -0.15) is 0 Å². The fraction of sp³-hybridized carbons (Fsp3) is 1.00. The summed E-state index contributed by atoms with van der Waals surface area (Å²) in [6.07, 6.45) is 4.59. The van der Waals surface area contributed by atoms with Gasteiger partial charge in [0.25, 0.3) is 0 Å². The van der Waals surface area contributed by atoms with Crippen LogP contribution in [-0.2, 0) is 0 Å². The molecule has 0 bridgehead atoms. The lowest BCUT2D eigenvalue weighted by Gasteiger charge is -2.39. The van der Waals surface area contributed by atoms with Crippen molar-refractivity contribution < 1.29 is 5.11 Å². The first-order valence-corrected chi connectivity index (χ1v) is 6.76. The van der Waals surface area contributed by atoms with Crippen LogP contribution in [-0.4, -0.2) is 47.8 Å². The molecule has 2 fully saturated rings. The zero-order valence-corrected chi connectivity index (χ0v) is 10.7. The summed E-state index contributed by atoms with van der Waals surface area (Å²) < 4.78 is 0. The van der Waals surface area contributed by atoms with Crippen LogP contribution in [0.2, 0.25) is 0 Å². The third kappa shape index (κ3) is 3.44.